The third-order valence-corrected chi connectivity index (χ3v) is 3.01. The Kier molecular flexibility index (Phi) is 2.49. The van der Waals surface area contributed by atoms with Crippen LogP contribution < -0.4 is 0 Å². The second-order valence-corrected chi connectivity index (χ2v) is 3.68. The first-order valence-electron chi connectivity index (χ1n) is 4.97. The molecule has 72 valence electrons. The minimum atomic E-state index is -0.0602. The van der Waals surface area contributed by atoms with E-state index in [-0.39, 0.29) is 6.23 Å². The molecule has 0 aromatic heterocycles. The van der Waals surface area contributed by atoms with Crippen molar-refractivity contribution >= 4 is 5.94 Å². The number of ether oxygens (including phenoxy) is 1. The van der Waals surface area contributed by atoms with Crippen molar-refractivity contribution in [2.45, 2.75) is 26.0 Å². The van der Waals surface area contributed by atoms with Gasteiger partial charge in [-0.1, -0.05) is 0 Å². The Morgan fingerprint density at radius 2 is 2.23 bits per heavy atom. The zero-order valence-electron chi connectivity index (χ0n) is 7.95. The van der Waals surface area contributed by atoms with Crippen LogP contribution in [0.1, 0.15) is 19.8 Å². The van der Waals surface area contributed by atoms with E-state index in [0.29, 0.717) is 12.5 Å². The van der Waals surface area contributed by atoms with Crippen LogP contribution in [-0.4, -0.2) is 36.8 Å². The molecule has 0 saturated carbocycles. The van der Waals surface area contributed by atoms with Crippen LogP contribution in [0.3, 0.4) is 0 Å². The summed E-state index contributed by atoms with van der Waals surface area (Å²) < 4.78 is 5.55. The molecule has 0 aliphatic carbocycles. The highest BCUT2D eigenvalue weighted by atomic mass is 16.5. The molecule has 0 N–H and O–H groups in total. The van der Waals surface area contributed by atoms with E-state index in [1.54, 1.807) is 0 Å². The summed E-state index contributed by atoms with van der Waals surface area (Å²) in [6, 6.07) is 0. The summed E-state index contributed by atoms with van der Waals surface area (Å²) in [5.74, 6) is 2.51. The number of hydrogen-bond acceptors (Lipinski definition) is 3. The van der Waals surface area contributed by atoms with Crippen molar-refractivity contribution in [1.29, 1.82) is 0 Å². The molecule has 1 atom stereocenters. The van der Waals surface area contributed by atoms with Gasteiger partial charge in [0.2, 0.25) is 0 Å². The van der Waals surface area contributed by atoms with Crippen LogP contribution in [0.5, 0.6) is 0 Å². The van der Waals surface area contributed by atoms with Gasteiger partial charge >= 0.3 is 0 Å². The highest BCUT2D eigenvalue weighted by molar-refractivity contribution is 5.56. The van der Waals surface area contributed by atoms with Crippen LogP contribution in [0.2, 0.25) is 0 Å². The summed E-state index contributed by atoms with van der Waals surface area (Å²) in [4.78, 5) is 13.0. The Hall–Kier alpha value is -0.630. The van der Waals surface area contributed by atoms with Gasteiger partial charge in [0.15, 0.2) is 0 Å². The first kappa shape index (κ1) is 8.95. The second kappa shape index (κ2) is 3.62. The standard InChI is InChI=1S/C10H15NO2/c1-2-13-10-9(7-12)8-3-5-11(10)6-4-8/h8,10H,2-6H2,1H3. The molecule has 0 aromatic carbocycles. The van der Waals surface area contributed by atoms with Gasteiger partial charge in [-0.2, -0.15) is 0 Å². The van der Waals surface area contributed by atoms with Gasteiger partial charge in [0.05, 0.1) is 5.57 Å². The summed E-state index contributed by atoms with van der Waals surface area (Å²) in [5.41, 5.74) is 0.847. The molecule has 3 rings (SSSR count). The zero-order valence-corrected chi connectivity index (χ0v) is 7.95. The molecule has 3 fully saturated rings. The van der Waals surface area contributed by atoms with Crippen molar-refractivity contribution in [3.63, 3.8) is 0 Å². The van der Waals surface area contributed by atoms with E-state index in [0.717, 1.165) is 31.5 Å². The molecule has 13 heavy (non-hydrogen) atoms. The maximum Gasteiger partial charge on any atom is 0.143 e. The highest BCUT2D eigenvalue weighted by Gasteiger charge is 2.39. The minimum absolute atomic E-state index is 0.0602. The first-order valence-corrected chi connectivity index (χ1v) is 4.97. The van der Waals surface area contributed by atoms with Gasteiger partial charge in [0.1, 0.15) is 12.2 Å². The van der Waals surface area contributed by atoms with Crippen LogP contribution in [0.4, 0.5) is 0 Å². The van der Waals surface area contributed by atoms with Crippen molar-refractivity contribution in [1.82, 2.24) is 4.90 Å². The topological polar surface area (TPSA) is 29.5 Å². The molecule has 3 heterocycles. The van der Waals surface area contributed by atoms with Gasteiger partial charge in [-0.15, -0.1) is 0 Å². The predicted octanol–water partition coefficient (Wildman–Crippen LogP) is 0.833. The SMILES string of the molecule is CCOC1C(=C=O)C2CCN1CC2. The third-order valence-electron chi connectivity index (χ3n) is 3.01. The highest BCUT2D eigenvalue weighted by Crippen LogP contribution is 2.35. The van der Waals surface area contributed by atoms with Crippen molar-refractivity contribution in [2.75, 3.05) is 19.7 Å². The largest absolute Gasteiger partial charge is 0.359 e. The molecule has 2 bridgehead atoms. The van der Waals surface area contributed by atoms with E-state index in [9.17, 15) is 4.79 Å². The van der Waals surface area contributed by atoms with E-state index in [1.165, 1.54) is 0 Å². The van der Waals surface area contributed by atoms with Crippen LogP contribution in [-0.2, 0) is 9.53 Å². The number of fused-ring (bicyclic) bond motifs is 3. The van der Waals surface area contributed by atoms with Crippen LogP contribution in [0.25, 0.3) is 0 Å². The second-order valence-electron chi connectivity index (χ2n) is 3.68. The van der Waals surface area contributed by atoms with Crippen molar-refractivity contribution in [3.05, 3.63) is 5.57 Å². The monoisotopic (exact) mass is 181 g/mol. The molecular weight excluding hydrogens is 166 g/mol. The van der Waals surface area contributed by atoms with Gasteiger partial charge < -0.3 is 4.74 Å². The summed E-state index contributed by atoms with van der Waals surface area (Å²) in [7, 11) is 0. The van der Waals surface area contributed by atoms with E-state index >= 15 is 0 Å². The van der Waals surface area contributed by atoms with E-state index < -0.39 is 0 Å². The van der Waals surface area contributed by atoms with Crippen LogP contribution >= 0.6 is 0 Å². The number of piperidine rings is 3. The molecule has 0 spiro atoms. The summed E-state index contributed by atoms with van der Waals surface area (Å²) >= 11 is 0. The Bertz CT molecular complexity index is 237. The van der Waals surface area contributed by atoms with Crippen molar-refractivity contribution in [2.24, 2.45) is 5.92 Å². The Morgan fingerprint density at radius 3 is 2.77 bits per heavy atom. The lowest BCUT2D eigenvalue weighted by molar-refractivity contribution is -0.0739. The summed E-state index contributed by atoms with van der Waals surface area (Å²) in [5, 5.41) is 0. The molecule has 3 aliphatic heterocycles. The van der Waals surface area contributed by atoms with Crippen LogP contribution in [0.15, 0.2) is 5.57 Å². The van der Waals surface area contributed by atoms with Gasteiger partial charge in [-0.25, -0.2) is 4.79 Å². The maximum atomic E-state index is 10.8. The van der Waals surface area contributed by atoms with Crippen LogP contribution in [0, 0.1) is 5.92 Å². The molecule has 3 aliphatic rings. The smallest absolute Gasteiger partial charge is 0.143 e. The molecule has 3 heteroatoms. The summed E-state index contributed by atoms with van der Waals surface area (Å²) in [6.45, 7) is 4.77. The fourth-order valence-electron chi connectivity index (χ4n) is 2.33. The third kappa shape index (κ3) is 1.44. The fraction of sp³-hybridized carbons (Fsp3) is 0.800. The Labute approximate surface area is 78.4 Å². The molecule has 3 saturated heterocycles. The fourth-order valence-corrected chi connectivity index (χ4v) is 2.33. The molecule has 0 amide bonds. The Balaban J connectivity index is 2.19. The van der Waals surface area contributed by atoms with Gasteiger partial charge in [-0.05, 0) is 25.7 Å². The minimum Gasteiger partial charge on any atom is -0.359 e. The lowest BCUT2D eigenvalue weighted by atomic mass is 9.83. The number of hydrogen-bond donors (Lipinski definition) is 0. The maximum absolute atomic E-state index is 10.8. The number of nitrogens with zero attached hydrogens (tertiary/aromatic N) is 1. The van der Waals surface area contributed by atoms with Gasteiger partial charge in [-0.3, -0.25) is 4.90 Å². The average molecular weight is 181 g/mol. The van der Waals surface area contributed by atoms with E-state index in [2.05, 4.69) is 10.8 Å². The molecule has 3 nitrogen and oxygen atoms in total. The molecular formula is C10H15NO2. The van der Waals surface area contributed by atoms with Gasteiger partial charge in [0, 0.05) is 19.7 Å². The van der Waals surface area contributed by atoms with Crippen molar-refractivity contribution < 1.29 is 9.53 Å². The summed E-state index contributed by atoms with van der Waals surface area (Å²) in [6.07, 6.45) is 2.15. The lowest BCUT2D eigenvalue weighted by Gasteiger charge is -2.45. The normalized spacial score (nSPS) is 37.6. The average Bonchev–Trinajstić information content (AvgIpc) is 2.20. The number of rotatable bonds is 2. The van der Waals surface area contributed by atoms with E-state index in [4.69, 9.17) is 4.74 Å². The molecule has 0 radical (unpaired) electrons. The number of carbonyl (C=O) groups excluding carboxylic acids is 1. The Morgan fingerprint density at radius 1 is 1.54 bits per heavy atom. The van der Waals surface area contributed by atoms with Gasteiger partial charge in [0.25, 0.3) is 0 Å². The quantitative estimate of drug-likeness (QED) is 0.591. The molecule has 1 unspecified atom stereocenters. The predicted molar refractivity (Wildman–Crippen MR) is 48.9 cm³/mol. The molecule has 0 aromatic rings. The zero-order chi connectivity index (χ0) is 9.26. The first-order chi connectivity index (χ1) is 6.36. The van der Waals surface area contributed by atoms with E-state index in [1.807, 2.05) is 6.92 Å². The lowest BCUT2D eigenvalue weighted by Crippen LogP contribution is -2.51. The van der Waals surface area contributed by atoms with Crippen molar-refractivity contribution in [3.8, 4) is 0 Å².